The molecule has 0 radical (unpaired) electrons. The maximum atomic E-state index is 11.2. The molecular weight excluding hydrogens is 316 g/mol. The summed E-state index contributed by atoms with van der Waals surface area (Å²) in [5.74, 6) is -0.266. The van der Waals surface area contributed by atoms with Crippen molar-refractivity contribution in [2.75, 3.05) is 7.11 Å². The fourth-order valence-electron chi connectivity index (χ4n) is 3.27. The van der Waals surface area contributed by atoms with Gasteiger partial charge in [-0.3, -0.25) is 4.79 Å². The van der Waals surface area contributed by atoms with E-state index in [1.54, 1.807) is 7.11 Å². The van der Waals surface area contributed by atoms with Crippen LogP contribution in [0.5, 0.6) is 5.75 Å². The summed E-state index contributed by atoms with van der Waals surface area (Å²) in [6.45, 7) is 2.71. The van der Waals surface area contributed by atoms with Crippen LogP contribution in [0.1, 0.15) is 16.8 Å². The topological polar surface area (TPSA) is 77.5 Å². The fourth-order valence-corrected chi connectivity index (χ4v) is 3.27. The molecule has 0 unspecified atom stereocenters. The highest BCUT2D eigenvalue weighted by atomic mass is 16.5. The molecule has 3 rings (SSSR count). The molecule has 5 nitrogen and oxygen atoms in total. The Bertz CT molecular complexity index is 900. The van der Waals surface area contributed by atoms with Gasteiger partial charge in [0.2, 0.25) is 0 Å². The van der Waals surface area contributed by atoms with E-state index in [2.05, 4.69) is 16.7 Å². The molecule has 2 aromatic carbocycles. The molecule has 5 heteroatoms. The van der Waals surface area contributed by atoms with Gasteiger partial charge in [0.15, 0.2) is 0 Å². The number of benzene rings is 2. The zero-order chi connectivity index (χ0) is 18.0. The van der Waals surface area contributed by atoms with Crippen molar-refractivity contribution in [2.45, 2.75) is 25.9 Å². The smallest absolute Gasteiger partial charge is 0.320 e. The number of nitrogens with two attached hydrogens (primary N) is 1. The number of ether oxygens (including phenoxy) is 1. The molecule has 130 valence electrons. The van der Waals surface area contributed by atoms with E-state index in [1.165, 1.54) is 5.56 Å². The first-order valence-corrected chi connectivity index (χ1v) is 8.20. The summed E-state index contributed by atoms with van der Waals surface area (Å²) in [5.41, 5.74) is 9.96. The Kier molecular flexibility index (Phi) is 4.76. The van der Waals surface area contributed by atoms with E-state index < -0.39 is 12.0 Å². The van der Waals surface area contributed by atoms with Crippen LogP contribution in [0.2, 0.25) is 0 Å². The third kappa shape index (κ3) is 3.23. The molecule has 0 spiro atoms. The Morgan fingerprint density at radius 3 is 2.56 bits per heavy atom. The zero-order valence-corrected chi connectivity index (χ0v) is 14.4. The van der Waals surface area contributed by atoms with E-state index in [-0.39, 0.29) is 6.42 Å². The minimum Gasteiger partial charge on any atom is -0.496 e. The van der Waals surface area contributed by atoms with Crippen LogP contribution in [0.15, 0.2) is 48.5 Å². The van der Waals surface area contributed by atoms with Crippen molar-refractivity contribution in [3.63, 3.8) is 0 Å². The van der Waals surface area contributed by atoms with E-state index in [1.807, 2.05) is 43.3 Å². The predicted octanol–water partition coefficient (Wildman–Crippen LogP) is 2.96. The number of nitrogens with zero attached hydrogens (tertiary/aromatic N) is 1. The summed E-state index contributed by atoms with van der Waals surface area (Å²) in [5, 5.41) is 10.2. The van der Waals surface area contributed by atoms with Gasteiger partial charge in [0.05, 0.1) is 12.6 Å². The van der Waals surface area contributed by atoms with Gasteiger partial charge in [-0.25, -0.2) is 0 Å². The van der Waals surface area contributed by atoms with Crippen LogP contribution in [0, 0.1) is 6.92 Å². The lowest BCUT2D eigenvalue weighted by Crippen LogP contribution is -2.32. The molecular formula is C20H22N2O3. The van der Waals surface area contributed by atoms with Crippen molar-refractivity contribution in [3.8, 4) is 5.75 Å². The molecule has 0 saturated carbocycles. The number of carboxylic acid groups (broad SMARTS) is 1. The Labute approximate surface area is 146 Å². The van der Waals surface area contributed by atoms with Gasteiger partial charge in [0.1, 0.15) is 11.8 Å². The van der Waals surface area contributed by atoms with Gasteiger partial charge >= 0.3 is 5.97 Å². The number of aromatic nitrogens is 1. The van der Waals surface area contributed by atoms with Crippen LogP contribution in [0.4, 0.5) is 0 Å². The molecule has 0 aliphatic carbocycles. The predicted molar refractivity (Wildman–Crippen MR) is 98.1 cm³/mol. The molecule has 0 aliphatic heterocycles. The number of carbonyl (C=O) groups is 1. The highest BCUT2D eigenvalue weighted by Gasteiger charge is 2.22. The molecule has 0 saturated heterocycles. The molecule has 3 N–H and O–H groups in total. The van der Waals surface area contributed by atoms with E-state index in [9.17, 15) is 9.90 Å². The number of aliphatic carboxylic acids is 1. The number of rotatable bonds is 6. The lowest BCUT2D eigenvalue weighted by molar-refractivity contribution is -0.138. The number of carboxylic acids is 1. The van der Waals surface area contributed by atoms with E-state index in [0.29, 0.717) is 6.54 Å². The lowest BCUT2D eigenvalue weighted by Gasteiger charge is -2.10. The van der Waals surface area contributed by atoms with Crippen LogP contribution in [0.25, 0.3) is 10.9 Å². The van der Waals surface area contributed by atoms with Crippen LogP contribution in [0.3, 0.4) is 0 Å². The maximum Gasteiger partial charge on any atom is 0.320 e. The summed E-state index contributed by atoms with van der Waals surface area (Å²) in [6.07, 6.45) is 0.264. The van der Waals surface area contributed by atoms with Gasteiger partial charge in [-0.15, -0.1) is 0 Å². The van der Waals surface area contributed by atoms with Crippen LogP contribution in [-0.4, -0.2) is 28.8 Å². The third-order valence-electron chi connectivity index (χ3n) is 4.58. The largest absolute Gasteiger partial charge is 0.496 e. The highest BCUT2D eigenvalue weighted by Crippen LogP contribution is 2.34. The summed E-state index contributed by atoms with van der Waals surface area (Å²) in [6, 6.07) is 15.1. The molecule has 0 amide bonds. The molecule has 0 bridgehead atoms. The average Bonchev–Trinajstić information content (AvgIpc) is 2.88. The molecule has 0 aliphatic rings. The number of methoxy groups -OCH3 is 1. The molecule has 1 heterocycles. The first kappa shape index (κ1) is 17.0. The van der Waals surface area contributed by atoms with Gasteiger partial charge < -0.3 is 20.1 Å². The van der Waals surface area contributed by atoms with Gasteiger partial charge in [0.25, 0.3) is 0 Å². The van der Waals surface area contributed by atoms with E-state index >= 15 is 0 Å². The number of fused-ring (bicyclic) bond motifs is 1. The van der Waals surface area contributed by atoms with Crippen molar-refractivity contribution < 1.29 is 14.6 Å². The Hall–Kier alpha value is -2.79. The standard InChI is InChI=1S/C20H22N2O3/c1-13-15(11-16(21)20(23)24)19-17(9-6-10-18(19)25-2)22(13)12-14-7-4-3-5-8-14/h3-10,16H,11-12,21H2,1-2H3,(H,23,24)/t16-/m0/s1. The van der Waals surface area contributed by atoms with E-state index in [0.717, 1.165) is 27.9 Å². The van der Waals surface area contributed by atoms with Crippen molar-refractivity contribution in [1.82, 2.24) is 4.57 Å². The van der Waals surface area contributed by atoms with Gasteiger partial charge in [-0.2, -0.15) is 0 Å². The third-order valence-corrected chi connectivity index (χ3v) is 4.58. The zero-order valence-electron chi connectivity index (χ0n) is 14.4. The lowest BCUT2D eigenvalue weighted by atomic mass is 10.0. The highest BCUT2D eigenvalue weighted by molar-refractivity contribution is 5.92. The summed E-state index contributed by atoms with van der Waals surface area (Å²) in [7, 11) is 1.62. The fraction of sp³-hybridized carbons (Fsp3) is 0.250. The minimum atomic E-state index is -1.00. The quantitative estimate of drug-likeness (QED) is 0.724. The van der Waals surface area contributed by atoms with Crippen molar-refractivity contribution in [3.05, 3.63) is 65.4 Å². The maximum absolute atomic E-state index is 11.2. The Balaban J connectivity index is 2.17. The average molecular weight is 338 g/mol. The summed E-state index contributed by atoms with van der Waals surface area (Å²) in [4.78, 5) is 11.2. The molecule has 1 atom stereocenters. The second kappa shape index (κ2) is 6.99. The Morgan fingerprint density at radius 1 is 1.20 bits per heavy atom. The first-order valence-electron chi connectivity index (χ1n) is 8.20. The van der Waals surface area contributed by atoms with Crippen LogP contribution >= 0.6 is 0 Å². The normalized spacial score (nSPS) is 12.3. The molecule has 3 aromatic rings. The van der Waals surface area contributed by atoms with Crippen molar-refractivity contribution >= 4 is 16.9 Å². The van der Waals surface area contributed by atoms with Crippen molar-refractivity contribution in [1.29, 1.82) is 0 Å². The minimum absolute atomic E-state index is 0.264. The molecule has 1 aromatic heterocycles. The summed E-state index contributed by atoms with van der Waals surface area (Å²) < 4.78 is 7.72. The van der Waals surface area contributed by atoms with Gasteiger partial charge in [0, 0.05) is 24.0 Å². The van der Waals surface area contributed by atoms with Gasteiger partial charge in [-0.05, 0) is 30.2 Å². The van der Waals surface area contributed by atoms with Crippen molar-refractivity contribution in [2.24, 2.45) is 5.73 Å². The number of hydrogen-bond acceptors (Lipinski definition) is 3. The number of hydrogen-bond donors (Lipinski definition) is 2. The van der Waals surface area contributed by atoms with E-state index in [4.69, 9.17) is 10.5 Å². The van der Waals surface area contributed by atoms with Crippen LogP contribution in [-0.2, 0) is 17.8 Å². The molecule has 25 heavy (non-hydrogen) atoms. The van der Waals surface area contributed by atoms with Gasteiger partial charge in [-0.1, -0.05) is 36.4 Å². The second-order valence-corrected chi connectivity index (χ2v) is 6.14. The second-order valence-electron chi connectivity index (χ2n) is 6.14. The summed E-state index contributed by atoms with van der Waals surface area (Å²) >= 11 is 0. The molecule has 0 fully saturated rings. The monoisotopic (exact) mass is 338 g/mol. The van der Waals surface area contributed by atoms with Crippen LogP contribution < -0.4 is 10.5 Å². The SMILES string of the molecule is COc1cccc2c1c(C[C@H](N)C(=O)O)c(C)n2Cc1ccccc1. The Morgan fingerprint density at radius 2 is 1.92 bits per heavy atom. The first-order chi connectivity index (χ1) is 12.0.